The molecule has 9 nitrogen and oxygen atoms in total. The number of nitrogens with one attached hydrogen (secondary N) is 2. The molecule has 1 aliphatic rings. The molecule has 2 heterocycles. The number of methoxy groups -OCH3 is 1. The molecule has 0 aliphatic carbocycles. The van der Waals surface area contributed by atoms with Gasteiger partial charge in [0.2, 0.25) is 0 Å². The van der Waals surface area contributed by atoms with Crippen molar-refractivity contribution in [2.75, 3.05) is 12.4 Å². The lowest BCUT2D eigenvalue weighted by Gasteiger charge is -2.19. The van der Waals surface area contributed by atoms with Crippen molar-refractivity contribution in [3.63, 3.8) is 0 Å². The summed E-state index contributed by atoms with van der Waals surface area (Å²) >= 11 is 0. The Morgan fingerprint density at radius 2 is 1.97 bits per heavy atom. The Morgan fingerprint density at radius 1 is 1.22 bits per heavy atom. The lowest BCUT2D eigenvalue weighted by molar-refractivity contribution is 0.0594. The monoisotopic (exact) mass is 446 g/mol. The normalized spacial score (nSPS) is 13.2. The van der Waals surface area contributed by atoms with Crippen molar-refractivity contribution >= 4 is 23.7 Å². The van der Waals surface area contributed by atoms with Crippen molar-refractivity contribution in [2.45, 2.75) is 58.7 Å². The quantitative estimate of drug-likeness (QED) is 0.681. The second-order valence-corrected chi connectivity index (χ2v) is 8.44. The minimum atomic E-state index is -0.812. The summed E-state index contributed by atoms with van der Waals surface area (Å²) < 4.78 is 26.3. The van der Waals surface area contributed by atoms with Gasteiger partial charge in [-0.05, 0) is 58.2 Å². The summed E-state index contributed by atoms with van der Waals surface area (Å²) in [6.45, 7) is 5.77. The van der Waals surface area contributed by atoms with E-state index >= 15 is 0 Å². The van der Waals surface area contributed by atoms with Gasteiger partial charge in [0, 0.05) is 12.2 Å². The Morgan fingerprint density at radius 3 is 2.62 bits per heavy atom. The van der Waals surface area contributed by atoms with Gasteiger partial charge < -0.3 is 14.8 Å². The van der Waals surface area contributed by atoms with Crippen LogP contribution in [0.5, 0.6) is 0 Å². The van der Waals surface area contributed by atoms with E-state index in [0.717, 1.165) is 24.6 Å². The summed E-state index contributed by atoms with van der Waals surface area (Å²) in [5, 5.41) is 9.45. The van der Waals surface area contributed by atoms with Crippen LogP contribution in [-0.2, 0) is 29.0 Å². The average molecular weight is 446 g/mol. The maximum atomic E-state index is 14.5. The molecule has 0 radical (unpaired) electrons. The molecule has 0 saturated heterocycles. The Labute approximate surface area is 185 Å². The number of ether oxygens (including phenoxy) is 2. The number of fused-ring (bicyclic) bond motifs is 1. The maximum Gasteiger partial charge on any atom is 0.412 e. The van der Waals surface area contributed by atoms with Gasteiger partial charge in [-0.3, -0.25) is 14.8 Å². The number of rotatable bonds is 5. The van der Waals surface area contributed by atoms with E-state index in [0.29, 0.717) is 24.2 Å². The van der Waals surface area contributed by atoms with Crippen LogP contribution in [0.15, 0.2) is 18.2 Å². The first-order chi connectivity index (χ1) is 15.1. The first-order valence-corrected chi connectivity index (χ1v) is 10.3. The molecule has 0 saturated carbocycles. The van der Waals surface area contributed by atoms with Gasteiger partial charge in [0.15, 0.2) is 0 Å². The number of benzene rings is 1. The van der Waals surface area contributed by atoms with Crippen LogP contribution in [0.4, 0.5) is 14.9 Å². The topological polar surface area (TPSA) is 112 Å². The molecule has 1 aromatic heterocycles. The van der Waals surface area contributed by atoms with Crippen molar-refractivity contribution in [2.24, 2.45) is 0 Å². The zero-order chi connectivity index (χ0) is 23.5. The van der Waals surface area contributed by atoms with E-state index in [1.54, 1.807) is 25.5 Å². The summed E-state index contributed by atoms with van der Waals surface area (Å²) in [6.07, 6.45) is 1.87. The highest BCUT2D eigenvalue weighted by atomic mass is 19.1. The summed E-state index contributed by atoms with van der Waals surface area (Å²) in [5.74, 6) is -2.00. The van der Waals surface area contributed by atoms with Crippen molar-refractivity contribution in [3.8, 4) is 0 Å². The highest BCUT2D eigenvalue weighted by Gasteiger charge is 2.26. The molecule has 2 amide bonds. The van der Waals surface area contributed by atoms with Crippen LogP contribution in [0.2, 0.25) is 0 Å². The molecule has 10 heteroatoms. The van der Waals surface area contributed by atoms with Crippen LogP contribution in [0, 0.1) is 5.82 Å². The molecule has 0 atom stereocenters. The van der Waals surface area contributed by atoms with Crippen LogP contribution in [0.25, 0.3) is 0 Å². The molecular weight excluding hydrogens is 419 g/mol. The van der Waals surface area contributed by atoms with Crippen LogP contribution in [0.3, 0.4) is 0 Å². The standard InChI is InChI=1S/C22H27FN4O5/c1-22(2,3)32-21(30)25-13-8-9-14(15(23)11-13)19(28)24-12-16-18(20(29)31-4)17-7-5-6-10-27(17)26-16/h8-9,11H,5-7,10,12H2,1-4H3,(H,24,28)(H,25,30). The Bertz CT molecular complexity index is 1040. The predicted molar refractivity (Wildman–Crippen MR) is 114 cm³/mol. The number of nitrogens with zero attached hydrogens (tertiary/aromatic N) is 2. The van der Waals surface area contributed by atoms with Crippen LogP contribution >= 0.6 is 0 Å². The molecule has 0 spiro atoms. The third-order valence-corrected chi connectivity index (χ3v) is 4.83. The first kappa shape index (κ1) is 23.2. The average Bonchev–Trinajstić information content (AvgIpc) is 3.08. The molecule has 3 rings (SSSR count). The highest BCUT2D eigenvalue weighted by molar-refractivity contribution is 5.96. The van der Waals surface area contributed by atoms with Gasteiger partial charge in [-0.25, -0.2) is 14.0 Å². The Hall–Kier alpha value is -3.43. The van der Waals surface area contributed by atoms with Crippen molar-refractivity contribution in [3.05, 3.63) is 46.5 Å². The zero-order valence-electron chi connectivity index (χ0n) is 18.6. The van der Waals surface area contributed by atoms with E-state index in [2.05, 4.69) is 15.7 Å². The molecule has 0 bridgehead atoms. The fourth-order valence-electron chi connectivity index (χ4n) is 3.46. The third kappa shape index (κ3) is 5.43. The largest absolute Gasteiger partial charge is 0.465 e. The molecule has 32 heavy (non-hydrogen) atoms. The van der Waals surface area contributed by atoms with Crippen molar-refractivity contribution < 1.29 is 28.2 Å². The van der Waals surface area contributed by atoms with Gasteiger partial charge in [-0.2, -0.15) is 5.10 Å². The van der Waals surface area contributed by atoms with Gasteiger partial charge >= 0.3 is 12.1 Å². The van der Waals surface area contributed by atoms with Gasteiger partial charge in [0.25, 0.3) is 5.91 Å². The van der Waals surface area contributed by atoms with E-state index in [1.165, 1.54) is 19.2 Å². The summed E-state index contributed by atoms with van der Waals surface area (Å²) in [5.41, 5.74) is 0.774. The van der Waals surface area contributed by atoms with E-state index < -0.39 is 29.4 Å². The van der Waals surface area contributed by atoms with Gasteiger partial charge in [-0.15, -0.1) is 0 Å². The van der Waals surface area contributed by atoms with Crippen LogP contribution in [-0.4, -0.2) is 40.5 Å². The maximum absolute atomic E-state index is 14.5. The Balaban J connectivity index is 1.70. The summed E-state index contributed by atoms with van der Waals surface area (Å²) in [6, 6.07) is 3.70. The van der Waals surface area contributed by atoms with Gasteiger partial charge in [0.05, 0.1) is 30.6 Å². The fourth-order valence-corrected chi connectivity index (χ4v) is 3.46. The third-order valence-electron chi connectivity index (χ3n) is 4.83. The van der Waals surface area contributed by atoms with Gasteiger partial charge in [0.1, 0.15) is 17.0 Å². The minimum absolute atomic E-state index is 0.0549. The number of halogens is 1. The number of carbonyl (C=O) groups excluding carboxylic acids is 3. The minimum Gasteiger partial charge on any atom is -0.465 e. The number of aryl methyl sites for hydroxylation is 1. The lowest BCUT2D eigenvalue weighted by Crippen LogP contribution is -2.27. The molecular formula is C22H27FN4O5. The number of carbonyl (C=O) groups is 3. The number of amides is 2. The number of hydrogen-bond acceptors (Lipinski definition) is 6. The smallest absolute Gasteiger partial charge is 0.412 e. The number of esters is 1. The zero-order valence-corrected chi connectivity index (χ0v) is 18.6. The molecule has 0 unspecified atom stereocenters. The van der Waals surface area contributed by atoms with E-state index in [-0.39, 0.29) is 17.8 Å². The number of hydrogen-bond donors (Lipinski definition) is 2. The van der Waals surface area contributed by atoms with E-state index in [1.807, 2.05) is 0 Å². The number of anilines is 1. The van der Waals surface area contributed by atoms with E-state index in [4.69, 9.17) is 9.47 Å². The molecule has 0 fully saturated rings. The van der Waals surface area contributed by atoms with Crippen LogP contribution < -0.4 is 10.6 Å². The molecule has 1 aromatic carbocycles. The summed E-state index contributed by atoms with van der Waals surface area (Å²) in [7, 11) is 1.29. The molecule has 2 N–H and O–H groups in total. The van der Waals surface area contributed by atoms with Gasteiger partial charge in [-0.1, -0.05) is 0 Å². The summed E-state index contributed by atoms with van der Waals surface area (Å²) in [4.78, 5) is 36.6. The molecule has 172 valence electrons. The SMILES string of the molecule is COC(=O)c1c(CNC(=O)c2ccc(NC(=O)OC(C)(C)C)cc2F)nn2c1CCCC2. The molecule has 1 aliphatic heterocycles. The second kappa shape index (κ2) is 9.37. The van der Waals surface area contributed by atoms with Crippen LogP contribution in [0.1, 0.15) is 65.7 Å². The lowest BCUT2D eigenvalue weighted by atomic mass is 10.0. The second-order valence-electron chi connectivity index (χ2n) is 8.44. The molecule has 2 aromatic rings. The first-order valence-electron chi connectivity index (χ1n) is 10.3. The van der Waals surface area contributed by atoms with Crippen molar-refractivity contribution in [1.82, 2.24) is 15.1 Å². The Kier molecular flexibility index (Phi) is 6.81. The fraction of sp³-hybridized carbons (Fsp3) is 0.455. The number of aromatic nitrogens is 2. The highest BCUT2D eigenvalue weighted by Crippen LogP contribution is 2.23. The van der Waals surface area contributed by atoms with E-state index in [9.17, 15) is 18.8 Å². The van der Waals surface area contributed by atoms with Crippen molar-refractivity contribution in [1.29, 1.82) is 0 Å². The predicted octanol–water partition coefficient (Wildman–Crippen LogP) is 3.42.